The molecule has 1 aromatic carbocycles. The lowest BCUT2D eigenvalue weighted by Crippen LogP contribution is -1.98. The van der Waals surface area contributed by atoms with E-state index in [1.54, 1.807) is 10.7 Å². The van der Waals surface area contributed by atoms with Crippen molar-refractivity contribution in [1.82, 2.24) is 14.8 Å². The minimum atomic E-state index is -0.332. The number of hydrogen-bond acceptors (Lipinski definition) is 5. The van der Waals surface area contributed by atoms with Crippen LogP contribution < -0.4 is 0 Å². The number of pyridine rings is 1. The largest absolute Gasteiger partial charge is 0.465 e. The quantitative estimate of drug-likeness (QED) is 0.532. The van der Waals surface area contributed by atoms with Gasteiger partial charge in [0.2, 0.25) is 0 Å². The van der Waals surface area contributed by atoms with Crippen LogP contribution in [0.5, 0.6) is 0 Å². The molecule has 0 saturated carbocycles. The van der Waals surface area contributed by atoms with E-state index < -0.39 is 0 Å². The zero-order valence-corrected chi connectivity index (χ0v) is 13.7. The number of esters is 1. The Bertz CT molecular complexity index is 1040. The molecule has 0 aliphatic heterocycles. The first-order valence-corrected chi connectivity index (χ1v) is 8.16. The predicted octanol–water partition coefficient (Wildman–Crippen LogP) is 3.94. The fraction of sp³-hybridized carbons (Fsp3) is 0.0556. The SMILES string of the molecule is COC(=O)c1ccc(-c2ccn(-c3ccc4ccccc4n3)n2)s1. The summed E-state index contributed by atoms with van der Waals surface area (Å²) in [6, 6.07) is 17.5. The number of fused-ring (bicyclic) bond motifs is 1. The van der Waals surface area contributed by atoms with Crippen LogP contribution in [0.15, 0.2) is 60.8 Å². The molecule has 4 rings (SSSR count). The molecule has 0 fully saturated rings. The minimum absolute atomic E-state index is 0.332. The molecule has 6 heteroatoms. The number of hydrogen-bond donors (Lipinski definition) is 0. The van der Waals surface area contributed by atoms with Gasteiger partial charge < -0.3 is 4.74 Å². The fourth-order valence-electron chi connectivity index (χ4n) is 2.45. The number of benzene rings is 1. The minimum Gasteiger partial charge on any atom is -0.465 e. The molecule has 0 atom stereocenters. The van der Waals surface area contributed by atoms with E-state index in [0.29, 0.717) is 4.88 Å². The summed E-state index contributed by atoms with van der Waals surface area (Å²) in [5.74, 6) is 0.423. The van der Waals surface area contributed by atoms with E-state index in [4.69, 9.17) is 4.74 Å². The van der Waals surface area contributed by atoms with E-state index in [1.165, 1.54) is 18.4 Å². The number of nitrogens with zero attached hydrogens (tertiary/aromatic N) is 3. The number of thiophene rings is 1. The average Bonchev–Trinajstić information content (AvgIpc) is 3.30. The zero-order valence-electron chi connectivity index (χ0n) is 12.8. The summed E-state index contributed by atoms with van der Waals surface area (Å²) in [5, 5.41) is 5.66. The molecule has 0 aliphatic rings. The summed E-state index contributed by atoms with van der Waals surface area (Å²) in [5.41, 5.74) is 1.72. The number of methoxy groups -OCH3 is 1. The van der Waals surface area contributed by atoms with Crippen LogP contribution >= 0.6 is 11.3 Å². The molecule has 0 aliphatic carbocycles. The lowest BCUT2D eigenvalue weighted by Gasteiger charge is -2.02. The highest BCUT2D eigenvalue weighted by Crippen LogP contribution is 2.27. The van der Waals surface area contributed by atoms with Gasteiger partial charge in [-0.1, -0.05) is 18.2 Å². The van der Waals surface area contributed by atoms with E-state index in [9.17, 15) is 4.79 Å². The molecular formula is C18H13N3O2S. The average molecular weight is 335 g/mol. The molecule has 0 N–H and O–H groups in total. The highest BCUT2D eigenvalue weighted by Gasteiger charge is 2.12. The first-order valence-electron chi connectivity index (χ1n) is 7.35. The summed E-state index contributed by atoms with van der Waals surface area (Å²) in [6.07, 6.45) is 1.87. The van der Waals surface area contributed by atoms with Crippen LogP contribution in [0.25, 0.3) is 27.3 Å². The standard InChI is InChI=1S/C18H13N3O2S/c1-23-18(22)16-8-7-15(24-16)14-10-11-21(20-14)17-9-6-12-4-2-3-5-13(12)19-17/h2-11H,1H3. The molecular weight excluding hydrogens is 322 g/mol. The van der Waals surface area contributed by atoms with Crippen LogP contribution in [0.3, 0.4) is 0 Å². The summed E-state index contributed by atoms with van der Waals surface area (Å²) in [7, 11) is 1.38. The van der Waals surface area contributed by atoms with E-state index in [0.717, 1.165) is 27.3 Å². The lowest BCUT2D eigenvalue weighted by atomic mass is 10.2. The molecule has 0 bridgehead atoms. The summed E-state index contributed by atoms with van der Waals surface area (Å²) in [4.78, 5) is 17.7. The fourth-order valence-corrected chi connectivity index (χ4v) is 3.34. The van der Waals surface area contributed by atoms with Gasteiger partial charge in [-0.15, -0.1) is 11.3 Å². The highest BCUT2D eigenvalue weighted by molar-refractivity contribution is 7.17. The lowest BCUT2D eigenvalue weighted by molar-refractivity contribution is 0.0606. The van der Waals surface area contributed by atoms with Crippen LogP contribution in [-0.2, 0) is 4.74 Å². The number of carbonyl (C=O) groups is 1. The molecule has 0 radical (unpaired) electrons. The highest BCUT2D eigenvalue weighted by atomic mass is 32.1. The monoisotopic (exact) mass is 335 g/mol. The van der Waals surface area contributed by atoms with E-state index >= 15 is 0 Å². The van der Waals surface area contributed by atoms with Crippen molar-refractivity contribution >= 4 is 28.2 Å². The zero-order chi connectivity index (χ0) is 16.5. The first kappa shape index (κ1) is 14.6. The number of carbonyl (C=O) groups excluding carboxylic acids is 1. The maximum atomic E-state index is 11.6. The van der Waals surface area contributed by atoms with Gasteiger partial charge in [0.15, 0.2) is 5.82 Å². The smallest absolute Gasteiger partial charge is 0.348 e. The van der Waals surface area contributed by atoms with Crippen molar-refractivity contribution in [3.63, 3.8) is 0 Å². The molecule has 3 heterocycles. The van der Waals surface area contributed by atoms with Crippen LogP contribution in [0.4, 0.5) is 0 Å². The van der Waals surface area contributed by atoms with Crippen molar-refractivity contribution in [1.29, 1.82) is 0 Å². The molecule has 0 unspecified atom stereocenters. The number of aromatic nitrogens is 3. The molecule has 0 saturated heterocycles. The maximum Gasteiger partial charge on any atom is 0.348 e. The Morgan fingerprint density at radius 3 is 2.83 bits per heavy atom. The first-order chi connectivity index (χ1) is 11.7. The number of ether oxygens (including phenoxy) is 1. The van der Waals surface area contributed by atoms with Crippen molar-refractivity contribution in [2.45, 2.75) is 0 Å². The van der Waals surface area contributed by atoms with Gasteiger partial charge in [0.05, 0.1) is 17.5 Å². The van der Waals surface area contributed by atoms with Crippen molar-refractivity contribution in [2.24, 2.45) is 0 Å². The Kier molecular flexibility index (Phi) is 3.59. The number of para-hydroxylation sites is 1. The second-order valence-electron chi connectivity index (χ2n) is 5.16. The van der Waals surface area contributed by atoms with Crippen molar-refractivity contribution < 1.29 is 9.53 Å². The van der Waals surface area contributed by atoms with Gasteiger partial charge in [-0.2, -0.15) is 5.10 Å². The van der Waals surface area contributed by atoms with E-state index in [-0.39, 0.29) is 5.97 Å². The third kappa shape index (κ3) is 2.57. The Labute approximate surface area is 142 Å². The van der Waals surface area contributed by atoms with Crippen LogP contribution in [0.2, 0.25) is 0 Å². The molecule has 4 aromatic rings. The Hall–Kier alpha value is -2.99. The van der Waals surface area contributed by atoms with Gasteiger partial charge >= 0.3 is 5.97 Å². The van der Waals surface area contributed by atoms with Crippen molar-refractivity contribution in [2.75, 3.05) is 7.11 Å². The van der Waals surface area contributed by atoms with Gasteiger partial charge in [-0.05, 0) is 36.4 Å². The summed E-state index contributed by atoms with van der Waals surface area (Å²) >= 11 is 1.36. The molecule has 118 valence electrons. The second-order valence-corrected chi connectivity index (χ2v) is 6.25. The van der Waals surface area contributed by atoms with Gasteiger partial charge in [-0.25, -0.2) is 14.5 Å². The third-order valence-corrected chi connectivity index (χ3v) is 4.74. The third-order valence-electron chi connectivity index (χ3n) is 3.65. The van der Waals surface area contributed by atoms with Gasteiger partial charge in [0, 0.05) is 11.6 Å². The van der Waals surface area contributed by atoms with Crippen LogP contribution in [0, 0.1) is 0 Å². The Balaban J connectivity index is 1.68. The number of rotatable bonds is 3. The summed E-state index contributed by atoms with van der Waals surface area (Å²) in [6.45, 7) is 0. The molecule has 0 spiro atoms. The van der Waals surface area contributed by atoms with Crippen LogP contribution in [-0.4, -0.2) is 27.8 Å². The molecule has 5 nitrogen and oxygen atoms in total. The Morgan fingerprint density at radius 1 is 1.08 bits per heavy atom. The topological polar surface area (TPSA) is 57.0 Å². The Morgan fingerprint density at radius 2 is 1.96 bits per heavy atom. The molecule has 3 aromatic heterocycles. The van der Waals surface area contributed by atoms with Gasteiger partial charge in [0.1, 0.15) is 10.6 Å². The predicted molar refractivity (Wildman–Crippen MR) is 93.5 cm³/mol. The van der Waals surface area contributed by atoms with Gasteiger partial charge in [0.25, 0.3) is 0 Å². The van der Waals surface area contributed by atoms with E-state index in [1.807, 2.05) is 54.7 Å². The van der Waals surface area contributed by atoms with Crippen LogP contribution in [0.1, 0.15) is 9.67 Å². The normalized spacial score (nSPS) is 10.9. The van der Waals surface area contributed by atoms with Crippen molar-refractivity contribution in [3.05, 3.63) is 65.7 Å². The molecule has 0 amide bonds. The summed E-state index contributed by atoms with van der Waals surface area (Å²) < 4.78 is 6.47. The van der Waals surface area contributed by atoms with Gasteiger partial charge in [-0.3, -0.25) is 0 Å². The maximum absolute atomic E-state index is 11.6. The molecule has 24 heavy (non-hydrogen) atoms. The second kappa shape index (κ2) is 5.90. The van der Waals surface area contributed by atoms with E-state index in [2.05, 4.69) is 10.1 Å². The van der Waals surface area contributed by atoms with Crippen molar-refractivity contribution in [3.8, 4) is 16.4 Å².